The first-order valence-electron chi connectivity index (χ1n) is 11.0. The average molecular weight is 530 g/mol. The van der Waals surface area contributed by atoms with Gasteiger partial charge in [0.05, 0.1) is 12.4 Å². The highest BCUT2D eigenvalue weighted by Crippen LogP contribution is 2.41. The molecule has 1 atom stereocenters. The minimum absolute atomic E-state index is 0. The fourth-order valence-corrected chi connectivity index (χ4v) is 4.48. The van der Waals surface area contributed by atoms with Crippen LogP contribution in [0.4, 0.5) is 0 Å². The Kier molecular flexibility index (Phi) is 7.66. The largest absolute Gasteiger partial charge is 0.497 e. The lowest BCUT2D eigenvalue weighted by Gasteiger charge is -2.27. The Bertz CT molecular complexity index is 1420. The third-order valence-corrected chi connectivity index (χ3v) is 7.54. The van der Waals surface area contributed by atoms with Crippen molar-refractivity contribution in [1.82, 2.24) is 4.90 Å². The van der Waals surface area contributed by atoms with E-state index in [1.165, 1.54) is 30.9 Å². The lowest BCUT2D eigenvalue weighted by atomic mass is 9.81. The van der Waals surface area contributed by atoms with E-state index in [9.17, 15) is 13.2 Å². The molecule has 3 aromatic rings. The number of guanidine groups is 1. The van der Waals surface area contributed by atoms with Crippen LogP contribution in [0.5, 0.6) is 11.5 Å². The molecule has 2 N–H and O–H groups in total. The van der Waals surface area contributed by atoms with Gasteiger partial charge in [-0.2, -0.15) is 8.42 Å². The number of halogens is 1. The number of ether oxygens (including phenoxy) is 1. The van der Waals surface area contributed by atoms with E-state index in [1.807, 2.05) is 42.5 Å². The molecule has 1 aliphatic rings. The van der Waals surface area contributed by atoms with Crippen molar-refractivity contribution < 1.29 is 22.1 Å². The van der Waals surface area contributed by atoms with Gasteiger partial charge in [-0.15, -0.1) is 12.4 Å². The zero-order chi connectivity index (χ0) is 25.4. The molecule has 0 saturated carbocycles. The molecule has 8 nitrogen and oxygen atoms in total. The van der Waals surface area contributed by atoms with Crippen molar-refractivity contribution in [2.75, 3.05) is 14.2 Å². The average Bonchev–Trinajstić information content (AvgIpc) is 3.08. The van der Waals surface area contributed by atoms with Gasteiger partial charge in [0, 0.05) is 7.05 Å². The Balaban J connectivity index is 0.00000361. The number of rotatable bonds is 7. The van der Waals surface area contributed by atoms with Gasteiger partial charge in [-0.05, 0) is 66.4 Å². The first-order chi connectivity index (χ1) is 16.6. The van der Waals surface area contributed by atoms with Crippen LogP contribution in [0.1, 0.15) is 25.0 Å². The number of hydrogen-bond acceptors (Lipinski definition) is 7. The molecule has 36 heavy (non-hydrogen) atoms. The van der Waals surface area contributed by atoms with Crippen molar-refractivity contribution in [3.8, 4) is 22.6 Å². The van der Waals surface area contributed by atoms with E-state index in [4.69, 9.17) is 14.7 Å². The van der Waals surface area contributed by atoms with E-state index < -0.39 is 20.9 Å². The molecular formula is C26H28ClN3O5S. The maximum atomic E-state index is 13.6. The molecular weight excluding hydrogens is 502 g/mol. The second kappa shape index (κ2) is 10.2. The zero-order valence-electron chi connectivity index (χ0n) is 20.3. The summed E-state index contributed by atoms with van der Waals surface area (Å²) < 4.78 is 35.4. The first-order valence-corrected chi connectivity index (χ1v) is 12.5. The molecule has 1 aliphatic heterocycles. The maximum absolute atomic E-state index is 13.6. The molecule has 10 heteroatoms. The summed E-state index contributed by atoms with van der Waals surface area (Å²) in [5.74, 6) is 0.498. The Morgan fingerprint density at radius 2 is 1.47 bits per heavy atom. The Labute approximate surface area is 217 Å². The minimum atomic E-state index is -3.83. The summed E-state index contributed by atoms with van der Waals surface area (Å²) in [5, 5.41) is -0.729. The number of methoxy groups -OCH3 is 1. The van der Waals surface area contributed by atoms with Crippen molar-refractivity contribution in [1.29, 1.82) is 0 Å². The molecule has 0 fully saturated rings. The fraction of sp³-hybridized carbons (Fsp3) is 0.231. The maximum Gasteiger partial charge on any atom is 0.311 e. The predicted molar refractivity (Wildman–Crippen MR) is 142 cm³/mol. The van der Waals surface area contributed by atoms with Crippen molar-refractivity contribution in [2.24, 2.45) is 10.7 Å². The molecule has 190 valence electrons. The second-order valence-electron chi connectivity index (χ2n) is 8.51. The van der Waals surface area contributed by atoms with Gasteiger partial charge in [0.2, 0.25) is 0 Å². The van der Waals surface area contributed by atoms with E-state index in [0.717, 1.165) is 11.1 Å². The number of hydrogen-bond donors (Lipinski definition) is 1. The quantitative estimate of drug-likeness (QED) is 0.464. The number of amides is 1. The third-order valence-electron chi connectivity index (χ3n) is 5.97. The normalized spacial score (nSPS) is 17.5. The van der Waals surface area contributed by atoms with Crippen LogP contribution >= 0.6 is 12.4 Å². The number of nitrogens with two attached hydrogens (primary N) is 1. The molecule has 1 heterocycles. The molecule has 1 amide bonds. The van der Waals surface area contributed by atoms with Crippen molar-refractivity contribution in [3.05, 3.63) is 83.9 Å². The summed E-state index contributed by atoms with van der Waals surface area (Å²) in [6.45, 7) is 3.07. The van der Waals surface area contributed by atoms with Gasteiger partial charge in [0.25, 0.3) is 5.91 Å². The fourth-order valence-electron chi connectivity index (χ4n) is 3.91. The topological polar surface area (TPSA) is 111 Å². The predicted octanol–water partition coefficient (Wildman–Crippen LogP) is 3.93. The molecule has 1 unspecified atom stereocenters. The summed E-state index contributed by atoms with van der Waals surface area (Å²) >= 11 is 0. The Morgan fingerprint density at radius 3 is 2.06 bits per heavy atom. The number of benzene rings is 3. The monoisotopic (exact) mass is 529 g/mol. The highest BCUT2D eigenvalue weighted by atomic mass is 35.5. The van der Waals surface area contributed by atoms with Crippen LogP contribution in [-0.4, -0.2) is 44.6 Å². The molecule has 0 spiro atoms. The SMILES string of the molecule is COc1cccc(-c2cccc(C3(c4cccc(OS(=O)(=O)C(C)C)c4)N=C(N)N(C)C3=O)c2)c1.Cl. The van der Waals surface area contributed by atoms with Crippen molar-refractivity contribution >= 4 is 34.4 Å². The number of carbonyl (C=O) groups is 1. The van der Waals surface area contributed by atoms with Gasteiger partial charge < -0.3 is 14.7 Å². The lowest BCUT2D eigenvalue weighted by molar-refractivity contribution is -0.129. The molecule has 0 radical (unpaired) electrons. The number of nitrogens with zero attached hydrogens (tertiary/aromatic N) is 2. The van der Waals surface area contributed by atoms with Crippen LogP contribution in [0.3, 0.4) is 0 Å². The number of carbonyl (C=O) groups excluding carboxylic acids is 1. The Hall–Kier alpha value is -3.56. The summed E-state index contributed by atoms with van der Waals surface area (Å²) in [6, 6.07) is 21.4. The van der Waals surface area contributed by atoms with Gasteiger partial charge in [-0.1, -0.05) is 42.5 Å². The van der Waals surface area contributed by atoms with Crippen LogP contribution in [-0.2, 0) is 20.5 Å². The van der Waals surface area contributed by atoms with Crippen LogP contribution in [0.2, 0.25) is 0 Å². The van der Waals surface area contributed by atoms with Crippen LogP contribution in [0.25, 0.3) is 11.1 Å². The number of likely N-dealkylation sites (N-methyl/N-ethyl adjacent to an activating group) is 1. The lowest BCUT2D eigenvalue weighted by Crippen LogP contribution is -2.41. The molecule has 0 saturated heterocycles. The third kappa shape index (κ3) is 4.76. The van der Waals surface area contributed by atoms with E-state index in [-0.39, 0.29) is 30.0 Å². The summed E-state index contributed by atoms with van der Waals surface area (Å²) in [5.41, 5.74) is 7.37. The minimum Gasteiger partial charge on any atom is -0.497 e. The second-order valence-corrected chi connectivity index (χ2v) is 10.6. The summed E-state index contributed by atoms with van der Waals surface area (Å²) in [6.07, 6.45) is 0. The number of aliphatic imine (C=N–C) groups is 1. The van der Waals surface area contributed by atoms with E-state index >= 15 is 0 Å². The van der Waals surface area contributed by atoms with Gasteiger partial charge in [-0.3, -0.25) is 9.69 Å². The summed E-state index contributed by atoms with van der Waals surface area (Å²) in [7, 11) is -0.673. The van der Waals surface area contributed by atoms with E-state index in [1.54, 1.807) is 32.4 Å². The molecule has 3 aromatic carbocycles. The van der Waals surface area contributed by atoms with E-state index in [0.29, 0.717) is 16.9 Å². The highest BCUT2D eigenvalue weighted by Gasteiger charge is 2.49. The van der Waals surface area contributed by atoms with Gasteiger partial charge >= 0.3 is 10.1 Å². The van der Waals surface area contributed by atoms with Crippen LogP contribution in [0, 0.1) is 0 Å². The van der Waals surface area contributed by atoms with Gasteiger partial charge in [0.1, 0.15) is 11.5 Å². The molecule has 0 aliphatic carbocycles. The first kappa shape index (κ1) is 27.0. The zero-order valence-corrected chi connectivity index (χ0v) is 22.0. The Morgan fingerprint density at radius 1 is 0.917 bits per heavy atom. The molecule has 0 bridgehead atoms. The van der Waals surface area contributed by atoms with Gasteiger partial charge in [0.15, 0.2) is 11.5 Å². The molecule has 4 rings (SSSR count). The van der Waals surface area contributed by atoms with Crippen LogP contribution in [0.15, 0.2) is 77.8 Å². The smallest absolute Gasteiger partial charge is 0.311 e. The van der Waals surface area contributed by atoms with E-state index in [2.05, 4.69) is 4.99 Å². The van der Waals surface area contributed by atoms with Crippen molar-refractivity contribution in [2.45, 2.75) is 24.6 Å². The van der Waals surface area contributed by atoms with Crippen molar-refractivity contribution in [3.63, 3.8) is 0 Å². The van der Waals surface area contributed by atoms with Crippen LogP contribution < -0.4 is 14.7 Å². The van der Waals surface area contributed by atoms with Gasteiger partial charge in [-0.25, -0.2) is 4.99 Å². The standard InChI is InChI=1S/C26H27N3O5S.ClH/c1-17(2)35(31,32)34-23-13-7-11-21(16-23)26(24(30)29(3)25(27)28-26)20-10-5-8-18(14-20)19-9-6-12-22(15-19)33-4;/h5-17H,1-4H3,(H2,27,28);1H. The highest BCUT2D eigenvalue weighted by molar-refractivity contribution is 7.87. The molecule has 0 aromatic heterocycles. The summed E-state index contributed by atoms with van der Waals surface area (Å²) in [4.78, 5) is 19.5.